The molecule has 0 amide bonds. The van der Waals surface area contributed by atoms with Crippen molar-refractivity contribution in [2.24, 2.45) is 0 Å². The summed E-state index contributed by atoms with van der Waals surface area (Å²) in [6.45, 7) is 4.64. The Balaban J connectivity index is 1.11. The Hall–Kier alpha value is -8.41. The second-order valence-corrected chi connectivity index (χ2v) is 18.3. The highest BCUT2D eigenvalue weighted by Crippen LogP contribution is 2.43. The minimum Gasteiger partial charge on any atom is -0.307 e. The number of nitrogens with zero attached hydrogens (tertiary/aromatic N) is 5. The predicted octanol–water partition coefficient (Wildman–Crippen LogP) is 17.1. The average molecular weight is 890 g/mol. The molecule has 0 aliphatic heterocycles. The van der Waals surface area contributed by atoms with E-state index >= 15 is 0 Å². The molecule has 5 nitrogen and oxygen atoms in total. The van der Waals surface area contributed by atoms with Crippen molar-refractivity contribution in [3.8, 4) is 67.8 Å². The van der Waals surface area contributed by atoms with Gasteiger partial charge in [-0.05, 0) is 70.0 Å². The maximum absolute atomic E-state index is 5.48. The van der Waals surface area contributed by atoms with Crippen LogP contribution >= 0.6 is 0 Å². The van der Waals surface area contributed by atoms with Crippen molar-refractivity contribution in [3.63, 3.8) is 0 Å². The minimum atomic E-state index is 0.520. The Morgan fingerprint density at radius 1 is 0.391 bits per heavy atom. The Kier molecular flexibility index (Phi) is 11.0. The first-order chi connectivity index (χ1) is 34.1. The van der Waals surface area contributed by atoms with Gasteiger partial charge in [-0.3, -0.25) is 4.57 Å². The molecule has 0 spiro atoms. The molecule has 332 valence electrons. The molecule has 5 heteroatoms. The van der Waals surface area contributed by atoms with Crippen molar-refractivity contribution in [2.45, 2.75) is 45.4 Å². The number of fused-ring (bicyclic) bond motifs is 7. The van der Waals surface area contributed by atoms with Crippen molar-refractivity contribution in [1.82, 2.24) is 24.1 Å². The van der Waals surface area contributed by atoms with Crippen LogP contribution in [0.25, 0.3) is 111 Å². The van der Waals surface area contributed by atoms with Gasteiger partial charge in [0, 0.05) is 38.2 Å². The van der Waals surface area contributed by atoms with Gasteiger partial charge in [-0.15, -0.1) is 0 Å². The Labute approximate surface area is 403 Å². The van der Waals surface area contributed by atoms with Gasteiger partial charge in [0.05, 0.1) is 27.8 Å². The van der Waals surface area contributed by atoms with E-state index in [0.717, 1.165) is 77.3 Å². The standard InChI is InChI=1S/C64H51N5/c1-3-4-7-19-43(2)44-32-36-48(37-33-44)52-26-12-15-29-57(52)68-58-30-16-13-27-53(58)55-40-41-56-54-28-14-17-31-59(54)69(61(56)60(55)68)64-66-62(49-38-34-47(35-39-49)45-20-8-5-9-21-45)65-63(67-64)51-25-18-24-50(42-51)46-22-10-6-11-23-46/h5-6,8-18,20-43H,3-4,7,19H2,1-2H3. The fourth-order valence-electron chi connectivity index (χ4n) is 10.4. The lowest BCUT2D eigenvalue weighted by atomic mass is 9.93. The van der Waals surface area contributed by atoms with Crippen LogP contribution in [0.15, 0.2) is 218 Å². The topological polar surface area (TPSA) is 48.5 Å². The molecule has 3 aromatic heterocycles. The van der Waals surface area contributed by atoms with Crippen LogP contribution in [0.4, 0.5) is 0 Å². The first kappa shape index (κ1) is 42.0. The van der Waals surface area contributed by atoms with Crippen LogP contribution in [-0.2, 0) is 0 Å². The molecule has 0 bridgehead atoms. The third-order valence-electron chi connectivity index (χ3n) is 13.9. The number of rotatable bonds is 12. The van der Waals surface area contributed by atoms with Crippen molar-refractivity contribution in [1.29, 1.82) is 0 Å². The van der Waals surface area contributed by atoms with Gasteiger partial charge in [0.2, 0.25) is 5.95 Å². The zero-order valence-electron chi connectivity index (χ0n) is 38.9. The molecule has 0 saturated heterocycles. The monoisotopic (exact) mass is 889 g/mol. The second kappa shape index (κ2) is 18.0. The Morgan fingerprint density at radius 2 is 0.899 bits per heavy atom. The smallest absolute Gasteiger partial charge is 0.238 e. The molecule has 3 heterocycles. The predicted molar refractivity (Wildman–Crippen MR) is 288 cm³/mol. The fourth-order valence-corrected chi connectivity index (χ4v) is 10.4. The lowest BCUT2D eigenvalue weighted by Crippen LogP contribution is -2.07. The van der Waals surface area contributed by atoms with Gasteiger partial charge in [0.25, 0.3) is 0 Å². The molecule has 12 rings (SSSR count). The number of benzene rings is 9. The third-order valence-corrected chi connectivity index (χ3v) is 13.9. The summed E-state index contributed by atoms with van der Waals surface area (Å²) in [7, 11) is 0. The first-order valence-electron chi connectivity index (χ1n) is 24.3. The SMILES string of the molecule is CCCCCC(C)c1ccc(-c2ccccc2-n2c3ccccc3c3ccc4c5ccccc5n(-c5nc(-c6ccc(-c7ccccc7)cc6)nc(-c6cccc(-c7ccccc7)c6)n5)c4c32)cc1. The van der Waals surface area contributed by atoms with Crippen LogP contribution in [0.3, 0.4) is 0 Å². The molecule has 12 aromatic rings. The molecule has 0 aliphatic rings. The summed E-state index contributed by atoms with van der Waals surface area (Å²) in [6.07, 6.45) is 4.99. The maximum Gasteiger partial charge on any atom is 0.238 e. The van der Waals surface area contributed by atoms with E-state index in [9.17, 15) is 0 Å². The lowest BCUT2D eigenvalue weighted by Gasteiger charge is -2.17. The summed E-state index contributed by atoms with van der Waals surface area (Å²) in [5.74, 6) is 2.28. The van der Waals surface area contributed by atoms with Crippen LogP contribution < -0.4 is 0 Å². The van der Waals surface area contributed by atoms with Crippen LogP contribution in [-0.4, -0.2) is 24.1 Å². The highest BCUT2D eigenvalue weighted by atomic mass is 15.2. The van der Waals surface area contributed by atoms with E-state index in [1.807, 2.05) is 6.07 Å². The average Bonchev–Trinajstić information content (AvgIpc) is 3.94. The molecule has 0 radical (unpaired) electrons. The molecule has 1 unspecified atom stereocenters. The van der Waals surface area contributed by atoms with Gasteiger partial charge in [-0.2, -0.15) is 9.97 Å². The molecule has 9 aromatic carbocycles. The highest BCUT2D eigenvalue weighted by molar-refractivity contribution is 6.24. The largest absolute Gasteiger partial charge is 0.307 e. The first-order valence-corrected chi connectivity index (χ1v) is 24.3. The van der Waals surface area contributed by atoms with E-state index in [-0.39, 0.29) is 0 Å². The van der Waals surface area contributed by atoms with Crippen LogP contribution in [0.2, 0.25) is 0 Å². The summed E-state index contributed by atoms with van der Waals surface area (Å²) < 4.78 is 4.77. The van der Waals surface area contributed by atoms with Gasteiger partial charge in [-0.25, -0.2) is 4.98 Å². The number of hydrogen-bond acceptors (Lipinski definition) is 3. The van der Waals surface area contributed by atoms with Crippen molar-refractivity contribution < 1.29 is 0 Å². The summed E-state index contributed by atoms with van der Waals surface area (Å²) in [4.78, 5) is 16.2. The maximum atomic E-state index is 5.48. The fraction of sp³-hybridized carbons (Fsp3) is 0.109. The van der Waals surface area contributed by atoms with E-state index in [0.29, 0.717) is 23.5 Å². The molecule has 0 N–H and O–H groups in total. The van der Waals surface area contributed by atoms with E-state index < -0.39 is 0 Å². The van der Waals surface area contributed by atoms with E-state index in [1.54, 1.807) is 0 Å². The number of para-hydroxylation sites is 3. The van der Waals surface area contributed by atoms with E-state index in [1.165, 1.54) is 47.8 Å². The second-order valence-electron chi connectivity index (χ2n) is 18.3. The molecule has 0 aliphatic carbocycles. The summed E-state index contributed by atoms with van der Waals surface area (Å²) in [5, 5.41) is 4.60. The molecular formula is C64H51N5. The van der Waals surface area contributed by atoms with Gasteiger partial charge in [0.15, 0.2) is 11.6 Å². The van der Waals surface area contributed by atoms with Crippen LogP contribution in [0, 0.1) is 0 Å². The van der Waals surface area contributed by atoms with Gasteiger partial charge < -0.3 is 4.57 Å². The van der Waals surface area contributed by atoms with Crippen LogP contribution in [0.1, 0.15) is 51.0 Å². The van der Waals surface area contributed by atoms with Gasteiger partial charge in [0.1, 0.15) is 0 Å². The zero-order valence-corrected chi connectivity index (χ0v) is 38.9. The summed E-state index contributed by atoms with van der Waals surface area (Å²) in [6, 6.07) is 78.3. The quantitative estimate of drug-likeness (QED) is 0.115. The minimum absolute atomic E-state index is 0.520. The lowest BCUT2D eigenvalue weighted by molar-refractivity contribution is 0.598. The van der Waals surface area contributed by atoms with E-state index in [2.05, 4.69) is 235 Å². The van der Waals surface area contributed by atoms with Crippen molar-refractivity contribution in [2.75, 3.05) is 0 Å². The van der Waals surface area contributed by atoms with Gasteiger partial charge in [-0.1, -0.05) is 227 Å². The van der Waals surface area contributed by atoms with Gasteiger partial charge >= 0.3 is 0 Å². The normalized spacial score (nSPS) is 12.1. The van der Waals surface area contributed by atoms with Crippen LogP contribution in [0.5, 0.6) is 0 Å². The Bertz CT molecular complexity index is 3790. The van der Waals surface area contributed by atoms with E-state index in [4.69, 9.17) is 15.0 Å². The molecular weight excluding hydrogens is 839 g/mol. The molecule has 0 fully saturated rings. The number of unbranched alkanes of at least 4 members (excludes halogenated alkanes) is 2. The van der Waals surface area contributed by atoms with Crippen molar-refractivity contribution in [3.05, 3.63) is 224 Å². The van der Waals surface area contributed by atoms with Crippen molar-refractivity contribution >= 4 is 43.6 Å². The molecule has 1 atom stereocenters. The zero-order chi connectivity index (χ0) is 46.3. The Morgan fingerprint density at radius 3 is 1.58 bits per heavy atom. The molecule has 69 heavy (non-hydrogen) atoms. The number of hydrogen-bond donors (Lipinski definition) is 0. The molecule has 0 saturated carbocycles. The highest BCUT2D eigenvalue weighted by Gasteiger charge is 2.25. The summed E-state index contributed by atoms with van der Waals surface area (Å²) in [5.41, 5.74) is 15.5. The third kappa shape index (κ3) is 7.66. The number of aromatic nitrogens is 5. The summed E-state index contributed by atoms with van der Waals surface area (Å²) >= 11 is 0.